The van der Waals surface area contributed by atoms with Crippen LogP contribution in [0.5, 0.6) is 0 Å². The Morgan fingerprint density at radius 1 is 1.50 bits per heavy atom. The second-order valence-corrected chi connectivity index (χ2v) is 3.69. The van der Waals surface area contributed by atoms with Crippen molar-refractivity contribution in [1.82, 2.24) is 0 Å². The second kappa shape index (κ2) is 2.22. The van der Waals surface area contributed by atoms with E-state index in [2.05, 4.69) is 0 Å². The van der Waals surface area contributed by atoms with Gasteiger partial charge in [0.1, 0.15) is 9.73 Å². The van der Waals surface area contributed by atoms with E-state index in [9.17, 15) is 22.2 Å². The summed E-state index contributed by atoms with van der Waals surface area (Å²) in [7, 11) is -4.12. The van der Waals surface area contributed by atoms with E-state index >= 15 is 0 Å². The van der Waals surface area contributed by atoms with Crippen LogP contribution < -0.4 is 0 Å². The van der Waals surface area contributed by atoms with Gasteiger partial charge in [0.15, 0.2) is 0 Å². The monoisotopic (exact) mass is 175 g/mol. The van der Waals surface area contributed by atoms with Gasteiger partial charge < -0.3 is 0 Å². The summed E-state index contributed by atoms with van der Waals surface area (Å²) < 4.78 is 50.3. The van der Waals surface area contributed by atoms with Crippen LogP contribution in [0.25, 0.3) is 0 Å². The molecule has 0 saturated heterocycles. The predicted octanol–water partition coefficient (Wildman–Crippen LogP) is 0.752. The minimum absolute atomic E-state index is 0.433. The predicted molar refractivity (Wildman–Crippen MR) is 27.8 cm³/mol. The average Bonchev–Trinajstić information content (AvgIpc) is 1.59. The first-order valence-corrected chi connectivity index (χ1v) is 3.97. The highest BCUT2D eigenvalue weighted by molar-refractivity contribution is 8.06. The van der Waals surface area contributed by atoms with Crippen molar-refractivity contribution in [2.45, 2.75) is 6.18 Å². The van der Waals surface area contributed by atoms with Crippen molar-refractivity contribution in [3.05, 3.63) is 0 Å². The van der Waals surface area contributed by atoms with Crippen molar-refractivity contribution >= 4 is 14.8 Å². The van der Waals surface area contributed by atoms with Gasteiger partial charge in [-0.05, 0) is 0 Å². The normalized spacial score (nSPS) is 18.0. The molecule has 0 saturated carbocycles. The summed E-state index contributed by atoms with van der Waals surface area (Å²) >= 11 is 0. The molecule has 1 unspecified atom stereocenters. The largest absolute Gasteiger partial charge is 0.464 e. The maximum atomic E-state index is 11.3. The molecule has 0 aromatic carbocycles. The van der Waals surface area contributed by atoms with Crippen molar-refractivity contribution in [1.29, 1.82) is 4.78 Å². The van der Waals surface area contributed by atoms with E-state index in [4.69, 9.17) is 4.78 Å². The Morgan fingerprint density at radius 2 is 1.80 bits per heavy atom. The lowest BCUT2D eigenvalue weighted by Crippen LogP contribution is -2.29. The zero-order chi connectivity index (χ0) is 8.58. The highest BCUT2D eigenvalue weighted by Gasteiger charge is 2.43. The van der Waals surface area contributed by atoms with Crippen LogP contribution in [0, 0.1) is 4.78 Å². The van der Waals surface area contributed by atoms with Crippen molar-refractivity contribution in [3.63, 3.8) is 0 Å². The van der Waals surface area contributed by atoms with Crippen LogP contribution in [-0.2, 0) is 14.5 Å². The molecule has 0 radical (unpaired) electrons. The Morgan fingerprint density at radius 3 is 1.80 bits per heavy atom. The third kappa shape index (κ3) is 2.34. The zero-order valence-corrected chi connectivity index (χ0v) is 5.68. The third-order valence-electron chi connectivity index (χ3n) is 0.585. The molecule has 0 amide bonds. The summed E-state index contributed by atoms with van der Waals surface area (Å²) in [4.78, 5) is 9.90. The quantitative estimate of drug-likeness (QED) is 0.590. The van der Waals surface area contributed by atoms with Crippen LogP contribution in [0.4, 0.5) is 13.2 Å². The van der Waals surface area contributed by atoms with Crippen LogP contribution >= 0.6 is 0 Å². The standard InChI is InChI=1S/C3H4F3NO2S/c1-10(7,9)2(8)3(4,5)6/h7H,1H3. The number of carbonyl (C=O) groups is 1. The van der Waals surface area contributed by atoms with E-state index in [0.717, 1.165) is 0 Å². The van der Waals surface area contributed by atoms with E-state index in [1.807, 2.05) is 0 Å². The molecule has 0 fully saturated rings. The summed E-state index contributed by atoms with van der Waals surface area (Å²) in [5, 5.41) is -2.49. The molecular formula is C3H4F3NO2S. The van der Waals surface area contributed by atoms with Crippen LogP contribution in [0.3, 0.4) is 0 Å². The van der Waals surface area contributed by atoms with E-state index in [0.29, 0.717) is 6.26 Å². The minimum atomic E-state index is -5.16. The summed E-state index contributed by atoms with van der Waals surface area (Å²) in [5.74, 6) is 0. The topological polar surface area (TPSA) is 58.0 Å². The fraction of sp³-hybridized carbons (Fsp3) is 0.667. The lowest BCUT2D eigenvalue weighted by Gasteiger charge is -2.02. The molecule has 1 N–H and O–H groups in total. The van der Waals surface area contributed by atoms with Crippen molar-refractivity contribution in [3.8, 4) is 0 Å². The molecule has 3 nitrogen and oxygen atoms in total. The first kappa shape index (κ1) is 9.41. The van der Waals surface area contributed by atoms with Crippen molar-refractivity contribution < 1.29 is 22.2 Å². The number of carbonyl (C=O) groups excluding carboxylic acids is 1. The molecule has 60 valence electrons. The first-order chi connectivity index (χ1) is 4.15. The molecule has 7 heteroatoms. The van der Waals surface area contributed by atoms with Gasteiger partial charge in [-0.2, -0.15) is 13.2 Å². The van der Waals surface area contributed by atoms with Gasteiger partial charge in [0.2, 0.25) is 0 Å². The van der Waals surface area contributed by atoms with Crippen LogP contribution in [0.2, 0.25) is 0 Å². The second-order valence-electron chi connectivity index (χ2n) is 1.63. The minimum Gasteiger partial charge on any atom is -0.273 e. The fourth-order valence-corrected chi connectivity index (χ4v) is 0.663. The Bertz CT molecular complexity index is 239. The van der Waals surface area contributed by atoms with Gasteiger partial charge in [-0.15, -0.1) is 0 Å². The molecule has 0 rings (SSSR count). The SMILES string of the molecule is CS(=N)(=O)C(=O)C(F)(F)F. The molecule has 0 aliphatic heterocycles. The molecule has 0 heterocycles. The number of alkyl halides is 3. The Hall–Kier alpha value is -0.590. The number of nitrogens with one attached hydrogen (secondary N) is 1. The molecule has 0 aromatic heterocycles. The van der Waals surface area contributed by atoms with Gasteiger partial charge in [-0.25, -0.2) is 8.99 Å². The molecular weight excluding hydrogens is 171 g/mol. The molecule has 0 spiro atoms. The highest BCUT2D eigenvalue weighted by Crippen LogP contribution is 2.18. The average molecular weight is 175 g/mol. The van der Waals surface area contributed by atoms with Crippen LogP contribution in [0.15, 0.2) is 0 Å². The summed E-state index contributed by atoms with van der Waals surface area (Å²) in [5.41, 5.74) is 0. The van der Waals surface area contributed by atoms with E-state index in [1.165, 1.54) is 0 Å². The summed E-state index contributed by atoms with van der Waals surface area (Å²) in [6, 6.07) is 0. The number of halogens is 3. The number of hydrogen-bond donors (Lipinski definition) is 1. The first-order valence-electron chi connectivity index (χ1n) is 2.00. The van der Waals surface area contributed by atoms with Gasteiger partial charge in [-0.1, -0.05) is 0 Å². The fourth-order valence-electron chi connectivity index (χ4n) is 0.221. The maximum Gasteiger partial charge on any atom is 0.464 e. The molecule has 0 aliphatic rings. The van der Waals surface area contributed by atoms with Gasteiger partial charge in [0.05, 0.1) is 0 Å². The lowest BCUT2D eigenvalue weighted by molar-refractivity contribution is -0.161. The molecule has 1 atom stereocenters. The molecule has 0 aromatic rings. The van der Waals surface area contributed by atoms with Gasteiger partial charge >= 0.3 is 11.3 Å². The van der Waals surface area contributed by atoms with Gasteiger partial charge in [0.25, 0.3) is 0 Å². The molecule has 10 heavy (non-hydrogen) atoms. The molecule has 0 bridgehead atoms. The summed E-state index contributed by atoms with van der Waals surface area (Å²) in [6.45, 7) is 0. The van der Waals surface area contributed by atoms with E-state index in [1.54, 1.807) is 0 Å². The van der Waals surface area contributed by atoms with Crippen molar-refractivity contribution in [2.24, 2.45) is 0 Å². The Labute approximate surface area is 55.2 Å². The van der Waals surface area contributed by atoms with E-state index < -0.39 is 21.0 Å². The highest BCUT2D eigenvalue weighted by atomic mass is 32.2. The van der Waals surface area contributed by atoms with Crippen LogP contribution in [-0.4, -0.2) is 21.8 Å². The van der Waals surface area contributed by atoms with Gasteiger partial charge in [0, 0.05) is 6.26 Å². The lowest BCUT2D eigenvalue weighted by atomic mass is 10.8. The number of hydrogen-bond acceptors (Lipinski definition) is 3. The molecule has 0 aliphatic carbocycles. The Balaban J connectivity index is 4.75. The number of rotatable bonds is 0. The van der Waals surface area contributed by atoms with Crippen LogP contribution in [0.1, 0.15) is 0 Å². The summed E-state index contributed by atoms with van der Waals surface area (Å²) in [6.07, 6.45) is -4.73. The zero-order valence-electron chi connectivity index (χ0n) is 4.86. The maximum absolute atomic E-state index is 11.3. The van der Waals surface area contributed by atoms with Crippen molar-refractivity contribution in [2.75, 3.05) is 6.26 Å². The smallest absolute Gasteiger partial charge is 0.273 e. The van der Waals surface area contributed by atoms with Gasteiger partial charge in [-0.3, -0.25) is 4.79 Å². The third-order valence-corrected chi connectivity index (χ3v) is 1.52. The van der Waals surface area contributed by atoms with E-state index in [-0.39, 0.29) is 0 Å². The Kier molecular flexibility index (Phi) is 2.09.